The lowest BCUT2D eigenvalue weighted by Crippen LogP contribution is -2.52. The van der Waals surface area contributed by atoms with E-state index in [0.29, 0.717) is 50.6 Å². The number of rotatable bonds is 8. The summed E-state index contributed by atoms with van der Waals surface area (Å²) in [6.07, 6.45) is 5.91. The van der Waals surface area contributed by atoms with Gasteiger partial charge in [-0.3, -0.25) is 19.7 Å². The van der Waals surface area contributed by atoms with E-state index in [2.05, 4.69) is 24.1 Å². The Balaban J connectivity index is 1.24. The smallest absolute Gasteiger partial charge is 0.410 e. The number of hydrogen-bond donors (Lipinski definition) is 1. The van der Waals surface area contributed by atoms with Gasteiger partial charge in [-0.15, -0.1) is 0 Å². The van der Waals surface area contributed by atoms with Crippen molar-refractivity contribution in [2.24, 2.45) is 5.92 Å². The van der Waals surface area contributed by atoms with Gasteiger partial charge in [0.2, 0.25) is 11.8 Å². The molecule has 1 aromatic carbocycles. The second-order valence-corrected chi connectivity index (χ2v) is 12.3. The second kappa shape index (κ2) is 13.5. The van der Waals surface area contributed by atoms with Crippen LogP contribution >= 0.6 is 0 Å². The van der Waals surface area contributed by atoms with Crippen LogP contribution in [0, 0.1) is 17.8 Å². The maximum Gasteiger partial charge on any atom is 0.410 e. The van der Waals surface area contributed by atoms with Crippen LogP contribution in [-0.4, -0.2) is 71.1 Å². The van der Waals surface area contributed by atoms with Crippen LogP contribution in [0.2, 0.25) is 0 Å². The SMILES string of the molecule is CC1CCC(N(CCOCCCC#Cc2cccc3c2CN(C2CCC(=O)NC2=O)C3=O)C(=O)OC(C)(C)C)CC1. The maximum atomic E-state index is 13.0. The van der Waals surface area contributed by atoms with Crippen molar-refractivity contribution in [1.29, 1.82) is 0 Å². The molecule has 1 saturated heterocycles. The first-order valence-corrected chi connectivity index (χ1v) is 14.9. The van der Waals surface area contributed by atoms with E-state index in [4.69, 9.17) is 9.47 Å². The summed E-state index contributed by atoms with van der Waals surface area (Å²) in [5.41, 5.74) is 1.63. The Bertz CT molecular complexity index is 1200. The van der Waals surface area contributed by atoms with E-state index in [1.807, 2.05) is 31.7 Å². The fourth-order valence-corrected chi connectivity index (χ4v) is 5.69. The third-order valence-corrected chi connectivity index (χ3v) is 7.93. The molecule has 0 radical (unpaired) electrons. The van der Waals surface area contributed by atoms with Crippen LogP contribution in [0.1, 0.15) is 101 Å². The van der Waals surface area contributed by atoms with Crippen LogP contribution < -0.4 is 5.32 Å². The molecular formula is C32H43N3O6. The summed E-state index contributed by atoms with van der Waals surface area (Å²) >= 11 is 0. The summed E-state index contributed by atoms with van der Waals surface area (Å²) in [7, 11) is 0. The van der Waals surface area contributed by atoms with E-state index in [1.165, 1.54) is 0 Å². The Labute approximate surface area is 243 Å². The number of hydrogen-bond acceptors (Lipinski definition) is 6. The molecule has 9 heteroatoms. The first-order valence-electron chi connectivity index (χ1n) is 14.9. The van der Waals surface area contributed by atoms with Crippen molar-refractivity contribution in [1.82, 2.24) is 15.1 Å². The molecule has 9 nitrogen and oxygen atoms in total. The highest BCUT2D eigenvalue weighted by Gasteiger charge is 2.39. The Morgan fingerprint density at radius 2 is 1.85 bits per heavy atom. The van der Waals surface area contributed by atoms with Crippen molar-refractivity contribution in [2.75, 3.05) is 19.8 Å². The molecule has 41 heavy (non-hydrogen) atoms. The third-order valence-electron chi connectivity index (χ3n) is 7.93. The first kappa shape index (κ1) is 30.6. The summed E-state index contributed by atoms with van der Waals surface area (Å²) in [5, 5.41) is 2.33. The van der Waals surface area contributed by atoms with Crippen molar-refractivity contribution >= 4 is 23.8 Å². The predicted octanol–water partition coefficient (Wildman–Crippen LogP) is 4.41. The normalized spacial score (nSPS) is 22.5. The largest absolute Gasteiger partial charge is 0.444 e. The number of ether oxygens (including phenoxy) is 2. The summed E-state index contributed by atoms with van der Waals surface area (Å²) < 4.78 is 11.5. The number of unbranched alkanes of at least 4 members (excludes halogenated alkanes) is 1. The van der Waals surface area contributed by atoms with E-state index in [1.54, 1.807) is 17.0 Å². The Morgan fingerprint density at radius 3 is 2.56 bits per heavy atom. The highest BCUT2D eigenvalue weighted by atomic mass is 16.6. The number of carbonyl (C=O) groups excluding carboxylic acids is 4. The minimum absolute atomic E-state index is 0.195. The molecular weight excluding hydrogens is 522 g/mol. The van der Waals surface area contributed by atoms with E-state index in [-0.39, 0.29) is 30.4 Å². The standard InChI is InChI=1S/C32H43N3O6/c1-22-12-14-24(15-13-22)34(31(39)41-32(2,3)4)18-20-40-19-7-5-6-9-23-10-8-11-25-26(23)21-35(30(25)38)27-16-17-28(36)33-29(27)37/h8,10-11,22,24,27H,5,7,12-21H2,1-4H3,(H,33,36,37). The molecule has 2 aliphatic heterocycles. The number of benzene rings is 1. The van der Waals surface area contributed by atoms with Crippen molar-refractivity contribution in [2.45, 2.75) is 103 Å². The summed E-state index contributed by atoms with van der Waals surface area (Å²) in [6, 6.07) is 5.01. The highest BCUT2D eigenvalue weighted by Crippen LogP contribution is 2.30. The third kappa shape index (κ3) is 8.10. The highest BCUT2D eigenvalue weighted by molar-refractivity contribution is 6.05. The van der Waals surface area contributed by atoms with E-state index >= 15 is 0 Å². The van der Waals surface area contributed by atoms with Crippen molar-refractivity contribution in [3.63, 3.8) is 0 Å². The van der Waals surface area contributed by atoms with Crippen LogP contribution in [0.4, 0.5) is 4.79 Å². The minimum atomic E-state index is -0.640. The second-order valence-electron chi connectivity index (χ2n) is 12.3. The van der Waals surface area contributed by atoms with Crippen LogP contribution in [0.5, 0.6) is 0 Å². The zero-order valence-corrected chi connectivity index (χ0v) is 24.8. The van der Waals surface area contributed by atoms with Gasteiger partial charge >= 0.3 is 6.09 Å². The minimum Gasteiger partial charge on any atom is -0.444 e. The molecule has 1 atom stereocenters. The van der Waals surface area contributed by atoms with Crippen molar-refractivity contribution in [3.05, 3.63) is 34.9 Å². The fourth-order valence-electron chi connectivity index (χ4n) is 5.69. The van der Waals surface area contributed by atoms with Crippen molar-refractivity contribution in [3.8, 4) is 11.8 Å². The van der Waals surface area contributed by atoms with Crippen LogP contribution in [0.3, 0.4) is 0 Å². The van der Waals surface area contributed by atoms with Gasteiger partial charge in [0.05, 0.1) is 6.61 Å². The molecule has 0 bridgehead atoms. The Kier molecular flexibility index (Phi) is 10.1. The van der Waals surface area contributed by atoms with Gasteiger partial charge in [-0.1, -0.05) is 24.8 Å². The number of piperidine rings is 1. The lowest BCUT2D eigenvalue weighted by Gasteiger charge is -2.37. The number of amides is 4. The fraction of sp³-hybridized carbons (Fsp3) is 0.625. The number of nitrogens with zero attached hydrogens (tertiary/aromatic N) is 2. The van der Waals surface area contributed by atoms with Crippen LogP contribution in [-0.2, 0) is 25.6 Å². The average Bonchev–Trinajstić information content (AvgIpc) is 3.24. The quantitative estimate of drug-likeness (QED) is 0.284. The molecule has 3 aliphatic rings. The van der Waals surface area contributed by atoms with Gasteiger partial charge in [0.25, 0.3) is 5.91 Å². The molecule has 0 spiro atoms. The van der Waals surface area contributed by atoms with E-state index < -0.39 is 17.6 Å². The Hall–Kier alpha value is -3.38. The molecule has 4 rings (SSSR count). The maximum absolute atomic E-state index is 13.0. The zero-order valence-electron chi connectivity index (χ0n) is 24.8. The molecule has 1 N–H and O–H groups in total. The zero-order chi connectivity index (χ0) is 29.6. The number of fused-ring (bicyclic) bond motifs is 1. The van der Waals surface area contributed by atoms with Gasteiger partial charge in [0.1, 0.15) is 11.6 Å². The molecule has 1 saturated carbocycles. The van der Waals surface area contributed by atoms with Crippen LogP contribution in [0.25, 0.3) is 0 Å². The number of imide groups is 1. The molecule has 1 aromatic rings. The lowest BCUT2D eigenvalue weighted by atomic mass is 9.87. The van der Waals surface area contributed by atoms with Gasteiger partial charge in [-0.2, -0.15) is 0 Å². The summed E-state index contributed by atoms with van der Waals surface area (Å²) in [4.78, 5) is 53.1. The van der Waals surface area contributed by atoms with Gasteiger partial charge in [0.15, 0.2) is 0 Å². The predicted molar refractivity (Wildman–Crippen MR) is 154 cm³/mol. The lowest BCUT2D eigenvalue weighted by molar-refractivity contribution is -0.136. The van der Waals surface area contributed by atoms with Gasteiger partial charge in [-0.05, 0) is 82.9 Å². The molecule has 2 heterocycles. The van der Waals surface area contributed by atoms with E-state index in [0.717, 1.165) is 43.2 Å². The molecule has 4 amide bonds. The van der Waals surface area contributed by atoms with Gasteiger partial charge < -0.3 is 19.3 Å². The number of nitrogens with one attached hydrogen (secondary N) is 1. The summed E-state index contributed by atoms with van der Waals surface area (Å²) in [6.45, 7) is 9.73. The van der Waals surface area contributed by atoms with Crippen LogP contribution in [0.15, 0.2) is 18.2 Å². The molecule has 2 fully saturated rings. The number of carbonyl (C=O) groups is 4. The molecule has 0 aromatic heterocycles. The summed E-state index contributed by atoms with van der Waals surface area (Å²) in [5.74, 6) is 6.16. The van der Waals surface area contributed by atoms with Gasteiger partial charge in [0, 0.05) is 49.7 Å². The molecule has 222 valence electrons. The Morgan fingerprint density at radius 1 is 1.10 bits per heavy atom. The molecule has 1 aliphatic carbocycles. The first-order chi connectivity index (χ1) is 19.5. The molecule has 1 unspecified atom stereocenters. The van der Waals surface area contributed by atoms with Crippen molar-refractivity contribution < 1.29 is 28.7 Å². The average molecular weight is 566 g/mol. The van der Waals surface area contributed by atoms with Gasteiger partial charge in [-0.25, -0.2) is 4.79 Å². The van der Waals surface area contributed by atoms with E-state index in [9.17, 15) is 19.2 Å². The topological polar surface area (TPSA) is 105 Å². The monoisotopic (exact) mass is 565 g/mol.